The molecule has 1 rings (SSSR count). The molecule has 1 aliphatic rings. The summed E-state index contributed by atoms with van der Waals surface area (Å²) in [5, 5.41) is 9.31. The van der Waals surface area contributed by atoms with Crippen LogP contribution in [0.15, 0.2) is 0 Å². The number of aliphatic carboxylic acids is 1. The third kappa shape index (κ3) is 3.50. The number of carbonyl (C=O) groups is 3. The lowest BCUT2D eigenvalue weighted by Gasteiger charge is -2.30. The lowest BCUT2D eigenvalue weighted by Crippen LogP contribution is -2.51. The highest BCUT2D eigenvalue weighted by molar-refractivity contribution is 5.82. The summed E-state index contributed by atoms with van der Waals surface area (Å²) in [6.07, 6.45) is 0.667. The Labute approximate surface area is 92.3 Å². The van der Waals surface area contributed by atoms with Gasteiger partial charge in [-0.1, -0.05) is 0 Å². The van der Waals surface area contributed by atoms with Gasteiger partial charge in [-0.2, -0.15) is 0 Å². The summed E-state index contributed by atoms with van der Waals surface area (Å²) < 4.78 is 0. The molecule has 7 nitrogen and oxygen atoms in total. The van der Waals surface area contributed by atoms with Crippen molar-refractivity contribution in [2.45, 2.75) is 26.2 Å². The Hall–Kier alpha value is -1.63. The van der Waals surface area contributed by atoms with Gasteiger partial charge >= 0.3 is 5.97 Å². The molecule has 1 unspecified atom stereocenters. The number of carbonyl (C=O) groups excluding carboxylic acids is 2. The topological polar surface area (TPSA) is 95.9 Å². The summed E-state index contributed by atoms with van der Waals surface area (Å²) in [6.45, 7) is 1.55. The fourth-order valence-electron chi connectivity index (χ4n) is 1.44. The van der Waals surface area contributed by atoms with Crippen molar-refractivity contribution < 1.29 is 24.3 Å². The lowest BCUT2D eigenvalue weighted by atomic mass is 9.98. The Kier molecular flexibility index (Phi) is 4.24. The molecule has 1 atom stereocenters. The second-order valence-corrected chi connectivity index (χ2v) is 3.55. The van der Waals surface area contributed by atoms with Gasteiger partial charge in [-0.05, 0) is 12.8 Å². The van der Waals surface area contributed by atoms with Gasteiger partial charge in [0.05, 0.1) is 6.61 Å². The molecule has 0 spiro atoms. The first-order valence-corrected chi connectivity index (χ1v) is 4.96. The number of hydrogen-bond acceptors (Lipinski definition) is 4. The van der Waals surface area contributed by atoms with Crippen LogP contribution in [-0.4, -0.2) is 34.7 Å². The normalized spacial score (nSPS) is 20.7. The molecule has 16 heavy (non-hydrogen) atoms. The Morgan fingerprint density at radius 3 is 2.88 bits per heavy atom. The largest absolute Gasteiger partial charge is 0.481 e. The summed E-state index contributed by atoms with van der Waals surface area (Å²) in [7, 11) is 0. The average molecular weight is 230 g/mol. The van der Waals surface area contributed by atoms with Crippen molar-refractivity contribution in [1.29, 1.82) is 0 Å². The average Bonchev–Trinajstić information content (AvgIpc) is 2.18. The summed E-state index contributed by atoms with van der Waals surface area (Å²) in [5.74, 6) is -2.16. The van der Waals surface area contributed by atoms with Crippen LogP contribution in [0.2, 0.25) is 0 Å². The molecule has 2 amide bonds. The van der Waals surface area contributed by atoms with Gasteiger partial charge in [-0.25, -0.2) is 5.43 Å². The van der Waals surface area contributed by atoms with Crippen LogP contribution in [0.1, 0.15) is 26.2 Å². The quantitative estimate of drug-likeness (QED) is 0.690. The third-order valence-corrected chi connectivity index (χ3v) is 2.20. The molecule has 0 radical (unpaired) electrons. The first-order valence-electron chi connectivity index (χ1n) is 4.96. The number of hydrogen-bond donors (Lipinski definition) is 2. The van der Waals surface area contributed by atoms with Crippen molar-refractivity contribution in [3.63, 3.8) is 0 Å². The number of hydrazine groups is 1. The fourth-order valence-corrected chi connectivity index (χ4v) is 1.44. The van der Waals surface area contributed by atoms with Crippen LogP contribution in [-0.2, 0) is 19.2 Å². The number of nitrogens with one attached hydrogen (secondary N) is 1. The van der Waals surface area contributed by atoms with Crippen molar-refractivity contribution in [2.75, 3.05) is 6.61 Å². The third-order valence-electron chi connectivity index (χ3n) is 2.20. The number of rotatable bonds is 4. The van der Waals surface area contributed by atoms with Crippen LogP contribution in [0, 0.1) is 5.92 Å². The zero-order valence-electron chi connectivity index (χ0n) is 8.93. The molecule has 0 aromatic carbocycles. The van der Waals surface area contributed by atoms with E-state index in [0.29, 0.717) is 6.42 Å². The van der Waals surface area contributed by atoms with E-state index in [4.69, 9.17) is 9.94 Å². The van der Waals surface area contributed by atoms with Crippen LogP contribution in [0.25, 0.3) is 0 Å². The molecule has 0 aliphatic carbocycles. The minimum Gasteiger partial charge on any atom is -0.481 e. The van der Waals surface area contributed by atoms with Gasteiger partial charge in [0.1, 0.15) is 0 Å². The molecule has 0 saturated carbocycles. The number of nitrogens with zero attached hydrogens (tertiary/aromatic N) is 1. The zero-order valence-corrected chi connectivity index (χ0v) is 8.93. The van der Waals surface area contributed by atoms with E-state index in [0.717, 1.165) is 5.17 Å². The molecule has 0 aromatic rings. The van der Waals surface area contributed by atoms with Crippen LogP contribution < -0.4 is 5.43 Å². The highest BCUT2D eigenvalue weighted by Crippen LogP contribution is 2.19. The monoisotopic (exact) mass is 230 g/mol. The summed E-state index contributed by atoms with van der Waals surface area (Å²) in [5.41, 5.74) is 2.22. The van der Waals surface area contributed by atoms with Gasteiger partial charge in [-0.3, -0.25) is 19.2 Å². The van der Waals surface area contributed by atoms with Crippen LogP contribution in [0.4, 0.5) is 0 Å². The van der Waals surface area contributed by atoms with Gasteiger partial charge in [0.2, 0.25) is 5.91 Å². The van der Waals surface area contributed by atoms with Gasteiger partial charge in [0.15, 0.2) is 0 Å². The molecule has 1 heterocycles. The molecule has 90 valence electrons. The number of hydroxylamine groups is 1. The predicted octanol–water partition coefficient (Wildman–Crippen LogP) is -0.318. The fraction of sp³-hybridized carbons (Fsp3) is 0.667. The smallest absolute Gasteiger partial charge is 0.303 e. The first-order chi connectivity index (χ1) is 7.50. The van der Waals surface area contributed by atoms with Crippen molar-refractivity contribution in [2.24, 2.45) is 5.92 Å². The summed E-state index contributed by atoms with van der Waals surface area (Å²) in [6, 6.07) is 0. The van der Waals surface area contributed by atoms with E-state index in [1.165, 1.54) is 6.92 Å². The van der Waals surface area contributed by atoms with Gasteiger partial charge in [-0.15, -0.1) is 5.17 Å². The number of amides is 2. The molecule has 1 aliphatic heterocycles. The zero-order chi connectivity index (χ0) is 12.1. The van der Waals surface area contributed by atoms with Crippen molar-refractivity contribution in [1.82, 2.24) is 10.6 Å². The molecule has 0 aromatic heterocycles. The van der Waals surface area contributed by atoms with E-state index in [1.54, 1.807) is 0 Å². The summed E-state index contributed by atoms with van der Waals surface area (Å²) in [4.78, 5) is 37.7. The standard InChI is InChI=1S/C9H14N2O5/c1-6(12)10-11-9(15)7(4-5-16-11)2-3-8(13)14/h7H,2-5H2,1H3,(H,10,12)(H,13,14). The van der Waals surface area contributed by atoms with Crippen LogP contribution >= 0.6 is 0 Å². The molecular formula is C9H14N2O5. The molecule has 1 fully saturated rings. The highest BCUT2D eigenvalue weighted by atomic mass is 16.7. The van der Waals surface area contributed by atoms with E-state index in [1.807, 2.05) is 0 Å². The number of carboxylic acid groups (broad SMARTS) is 1. The van der Waals surface area contributed by atoms with E-state index in [-0.39, 0.29) is 19.4 Å². The van der Waals surface area contributed by atoms with E-state index >= 15 is 0 Å². The highest BCUT2D eigenvalue weighted by Gasteiger charge is 2.30. The van der Waals surface area contributed by atoms with Gasteiger partial charge < -0.3 is 5.11 Å². The lowest BCUT2D eigenvalue weighted by molar-refractivity contribution is -0.225. The Bertz CT molecular complexity index is 304. The SMILES string of the molecule is CC(=O)NN1OCCC(CCC(=O)O)C1=O. The maximum atomic E-state index is 11.7. The maximum Gasteiger partial charge on any atom is 0.303 e. The van der Waals surface area contributed by atoms with E-state index in [9.17, 15) is 14.4 Å². The maximum absolute atomic E-state index is 11.7. The Balaban J connectivity index is 2.50. The van der Waals surface area contributed by atoms with Crippen LogP contribution in [0.5, 0.6) is 0 Å². The van der Waals surface area contributed by atoms with Crippen LogP contribution in [0.3, 0.4) is 0 Å². The van der Waals surface area contributed by atoms with E-state index in [2.05, 4.69) is 5.43 Å². The Morgan fingerprint density at radius 1 is 1.62 bits per heavy atom. The second kappa shape index (κ2) is 5.45. The molecule has 1 saturated heterocycles. The second-order valence-electron chi connectivity index (χ2n) is 3.55. The van der Waals surface area contributed by atoms with E-state index < -0.39 is 23.7 Å². The first kappa shape index (κ1) is 12.4. The minimum atomic E-state index is -0.939. The summed E-state index contributed by atoms with van der Waals surface area (Å²) >= 11 is 0. The molecule has 7 heteroatoms. The molecular weight excluding hydrogens is 216 g/mol. The minimum absolute atomic E-state index is 0.0652. The van der Waals surface area contributed by atoms with Crippen molar-refractivity contribution >= 4 is 17.8 Å². The number of carboxylic acids is 1. The molecule has 0 bridgehead atoms. The molecule has 2 N–H and O–H groups in total. The Morgan fingerprint density at radius 2 is 2.31 bits per heavy atom. The van der Waals surface area contributed by atoms with Crippen molar-refractivity contribution in [3.8, 4) is 0 Å². The van der Waals surface area contributed by atoms with Gasteiger partial charge in [0.25, 0.3) is 5.91 Å². The predicted molar refractivity (Wildman–Crippen MR) is 51.6 cm³/mol. The van der Waals surface area contributed by atoms with Crippen molar-refractivity contribution in [3.05, 3.63) is 0 Å². The van der Waals surface area contributed by atoms with Gasteiger partial charge in [0, 0.05) is 19.3 Å².